The minimum Gasteiger partial charge on any atom is -0.477 e. The van der Waals surface area contributed by atoms with E-state index in [0.29, 0.717) is 40.8 Å². The highest BCUT2D eigenvalue weighted by atomic mass is 32.1. The lowest BCUT2D eigenvalue weighted by atomic mass is 10.0. The Hall–Kier alpha value is -4.20. The summed E-state index contributed by atoms with van der Waals surface area (Å²) in [6.07, 6.45) is 0. The molecule has 1 N–H and O–H groups in total. The molecule has 5 rings (SSSR count). The van der Waals surface area contributed by atoms with E-state index in [9.17, 15) is 15.2 Å². The number of morpholine rings is 1. The molecule has 3 aromatic heterocycles. The number of aryl methyl sites for hydroxylation is 1. The van der Waals surface area contributed by atoms with Crippen LogP contribution in [0.4, 0.5) is 5.69 Å². The fourth-order valence-electron chi connectivity index (χ4n) is 3.94. The number of carbonyl (C=O) groups is 1. The summed E-state index contributed by atoms with van der Waals surface area (Å²) in [7, 11) is 0. The zero-order valence-corrected chi connectivity index (χ0v) is 20.2. The number of carboxylic acids is 1. The fraction of sp³-hybridized carbons (Fsp3) is 0.231. The molecule has 10 heteroatoms. The normalized spacial score (nSPS) is 13.4. The Kier molecular flexibility index (Phi) is 6.66. The van der Waals surface area contributed by atoms with Crippen LogP contribution in [0.25, 0.3) is 22.6 Å². The second kappa shape index (κ2) is 10.2. The maximum atomic E-state index is 11.2. The molecule has 1 fully saturated rings. The molecule has 9 nitrogen and oxygen atoms in total. The van der Waals surface area contributed by atoms with Crippen molar-refractivity contribution in [1.29, 1.82) is 5.26 Å². The first kappa shape index (κ1) is 23.5. The van der Waals surface area contributed by atoms with Crippen molar-refractivity contribution < 1.29 is 23.9 Å². The molecule has 1 aromatic carbocycles. The molecule has 0 amide bonds. The van der Waals surface area contributed by atoms with Gasteiger partial charge in [-0.25, -0.2) is 9.78 Å². The summed E-state index contributed by atoms with van der Waals surface area (Å²) in [6.45, 7) is 4.98. The maximum Gasteiger partial charge on any atom is 0.345 e. The lowest BCUT2D eigenvalue weighted by molar-refractivity contribution is 0.0702. The van der Waals surface area contributed by atoms with Crippen LogP contribution in [-0.2, 0) is 11.3 Å². The van der Waals surface area contributed by atoms with Crippen molar-refractivity contribution in [3.05, 3.63) is 69.5 Å². The van der Waals surface area contributed by atoms with E-state index in [4.69, 9.17) is 14.0 Å². The van der Waals surface area contributed by atoms with E-state index in [1.54, 1.807) is 25.1 Å². The number of aromatic carboxylic acids is 1. The molecule has 182 valence electrons. The van der Waals surface area contributed by atoms with E-state index in [2.05, 4.69) is 21.1 Å². The zero-order chi connectivity index (χ0) is 25.1. The average molecular weight is 503 g/mol. The number of ether oxygens (including phenoxy) is 2. The number of aromatic nitrogens is 2. The molecule has 0 atom stereocenters. The van der Waals surface area contributed by atoms with Crippen LogP contribution in [0.5, 0.6) is 5.88 Å². The average Bonchev–Trinajstić information content (AvgIpc) is 3.57. The van der Waals surface area contributed by atoms with Crippen LogP contribution in [0.2, 0.25) is 0 Å². The molecule has 0 unspecified atom stereocenters. The van der Waals surface area contributed by atoms with Gasteiger partial charge in [-0.05, 0) is 37.3 Å². The molecular formula is C26H22N4O5S. The van der Waals surface area contributed by atoms with Gasteiger partial charge in [-0.1, -0.05) is 17.3 Å². The summed E-state index contributed by atoms with van der Waals surface area (Å²) in [6, 6.07) is 17.0. The number of hydrogen-bond donors (Lipinski definition) is 1. The standard InChI is InChI=1S/C26H22N4O5S/c1-16-12-23(35-29-16)20-13-22(17-2-4-18(5-3-17)30-8-10-33-11-9-30)28-25(21(20)14-27)34-15-19-6-7-24(36-19)26(31)32/h2-7,12-13H,8-11,15H2,1H3,(H,31,32). The number of anilines is 1. The van der Waals surface area contributed by atoms with Crippen molar-refractivity contribution in [3.8, 4) is 34.5 Å². The number of carboxylic acid groups (broad SMARTS) is 1. The fourth-order valence-corrected chi connectivity index (χ4v) is 4.70. The van der Waals surface area contributed by atoms with Crippen molar-refractivity contribution in [1.82, 2.24) is 10.1 Å². The van der Waals surface area contributed by atoms with Crippen LogP contribution in [0.1, 0.15) is 25.8 Å². The summed E-state index contributed by atoms with van der Waals surface area (Å²) in [5.74, 6) is -0.416. The van der Waals surface area contributed by atoms with Crippen molar-refractivity contribution in [2.75, 3.05) is 31.2 Å². The second-order valence-corrected chi connectivity index (χ2v) is 9.35. The van der Waals surface area contributed by atoms with Crippen molar-refractivity contribution in [3.63, 3.8) is 0 Å². The number of nitrogens with zero attached hydrogens (tertiary/aromatic N) is 4. The Bertz CT molecular complexity index is 1430. The van der Waals surface area contributed by atoms with Crippen molar-refractivity contribution in [2.45, 2.75) is 13.5 Å². The molecule has 1 saturated heterocycles. The highest BCUT2D eigenvalue weighted by Gasteiger charge is 2.20. The smallest absolute Gasteiger partial charge is 0.345 e. The van der Waals surface area contributed by atoms with Crippen molar-refractivity contribution >= 4 is 23.0 Å². The van der Waals surface area contributed by atoms with Gasteiger partial charge in [0.25, 0.3) is 0 Å². The molecule has 0 aliphatic carbocycles. The van der Waals surface area contributed by atoms with E-state index in [1.165, 1.54) is 6.07 Å². The van der Waals surface area contributed by atoms with E-state index in [-0.39, 0.29) is 22.9 Å². The molecular weight excluding hydrogens is 480 g/mol. The SMILES string of the molecule is Cc1cc(-c2cc(-c3ccc(N4CCOCC4)cc3)nc(OCc3ccc(C(=O)O)s3)c2C#N)on1. The number of hydrogen-bond acceptors (Lipinski definition) is 9. The Morgan fingerprint density at radius 1 is 1.19 bits per heavy atom. The number of benzene rings is 1. The number of pyridine rings is 1. The first-order valence-electron chi connectivity index (χ1n) is 11.3. The van der Waals surface area contributed by atoms with Gasteiger partial charge in [0.2, 0.25) is 5.88 Å². The van der Waals surface area contributed by atoms with Gasteiger partial charge in [-0.15, -0.1) is 11.3 Å². The molecule has 4 aromatic rings. The summed E-state index contributed by atoms with van der Waals surface area (Å²) >= 11 is 1.12. The van der Waals surface area contributed by atoms with E-state index in [0.717, 1.165) is 35.7 Å². The summed E-state index contributed by atoms with van der Waals surface area (Å²) in [5, 5.41) is 23.1. The zero-order valence-electron chi connectivity index (χ0n) is 19.4. The number of thiophene rings is 1. The molecule has 1 aliphatic rings. The molecule has 0 spiro atoms. The highest BCUT2D eigenvalue weighted by Crippen LogP contribution is 2.35. The van der Waals surface area contributed by atoms with Crippen LogP contribution in [-0.4, -0.2) is 47.5 Å². The molecule has 0 saturated carbocycles. The lowest BCUT2D eigenvalue weighted by Gasteiger charge is -2.28. The first-order chi connectivity index (χ1) is 17.5. The molecule has 36 heavy (non-hydrogen) atoms. The number of rotatable bonds is 7. The Balaban J connectivity index is 1.51. The van der Waals surface area contributed by atoms with Gasteiger partial charge < -0.3 is 24.0 Å². The van der Waals surface area contributed by atoms with Crippen LogP contribution < -0.4 is 9.64 Å². The third-order valence-electron chi connectivity index (χ3n) is 5.75. The van der Waals surface area contributed by atoms with E-state index >= 15 is 0 Å². The van der Waals surface area contributed by atoms with E-state index in [1.807, 2.05) is 24.3 Å². The highest BCUT2D eigenvalue weighted by molar-refractivity contribution is 7.13. The van der Waals surface area contributed by atoms with Crippen LogP contribution in [0.15, 0.2) is 53.1 Å². The van der Waals surface area contributed by atoms with E-state index < -0.39 is 5.97 Å². The molecule has 4 heterocycles. The largest absolute Gasteiger partial charge is 0.477 e. The molecule has 0 radical (unpaired) electrons. The third-order valence-corrected chi connectivity index (χ3v) is 6.80. The second-order valence-electron chi connectivity index (χ2n) is 8.19. The van der Waals surface area contributed by atoms with Gasteiger partial charge in [0.1, 0.15) is 23.1 Å². The Labute approximate surface area is 211 Å². The minimum atomic E-state index is -0.993. The summed E-state index contributed by atoms with van der Waals surface area (Å²) in [5.41, 5.74) is 3.99. The lowest BCUT2D eigenvalue weighted by Crippen LogP contribution is -2.36. The van der Waals surface area contributed by atoms with Crippen LogP contribution in [0, 0.1) is 18.3 Å². The minimum absolute atomic E-state index is 0.0773. The topological polar surface area (TPSA) is 122 Å². The summed E-state index contributed by atoms with van der Waals surface area (Å²) in [4.78, 5) is 19.0. The maximum absolute atomic E-state index is 11.2. The van der Waals surface area contributed by atoms with Crippen molar-refractivity contribution in [2.24, 2.45) is 0 Å². The van der Waals surface area contributed by atoms with Gasteiger partial charge in [-0.3, -0.25) is 0 Å². The Morgan fingerprint density at radius 2 is 1.97 bits per heavy atom. The van der Waals surface area contributed by atoms with Gasteiger partial charge >= 0.3 is 5.97 Å². The van der Waals surface area contributed by atoms with Crippen LogP contribution in [0.3, 0.4) is 0 Å². The predicted octanol–water partition coefficient (Wildman–Crippen LogP) is 4.76. The quantitative estimate of drug-likeness (QED) is 0.381. The summed E-state index contributed by atoms with van der Waals surface area (Å²) < 4.78 is 16.9. The van der Waals surface area contributed by atoms with Crippen LogP contribution >= 0.6 is 11.3 Å². The van der Waals surface area contributed by atoms with Gasteiger partial charge in [0.15, 0.2) is 5.76 Å². The Morgan fingerprint density at radius 3 is 2.61 bits per heavy atom. The van der Waals surface area contributed by atoms with Gasteiger partial charge in [-0.2, -0.15) is 5.26 Å². The monoisotopic (exact) mass is 502 g/mol. The van der Waals surface area contributed by atoms with Gasteiger partial charge in [0.05, 0.1) is 24.6 Å². The molecule has 1 aliphatic heterocycles. The predicted molar refractivity (Wildman–Crippen MR) is 133 cm³/mol. The third kappa shape index (κ3) is 4.93. The molecule has 0 bridgehead atoms. The first-order valence-corrected chi connectivity index (χ1v) is 12.1. The number of nitriles is 1. The van der Waals surface area contributed by atoms with Gasteiger partial charge in [0, 0.05) is 40.8 Å².